The van der Waals surface area contributed by atoms with Crippen LogP contribution in [0.15, 0.2) is 54.6 Å². The van der Waals surface area contributed by atoms with Gasteiger partial charge in [0.2, 0.25) is 6.79 Å². The maximum absolute atomic E-state index is 12.7. The molecule has 1 aromatic heterocycles. The molecule has 1 N–H and O–H groups in total. The van der Waals surface area contributed by atoms with Gasteiger partial charge >= 0.3 is 0 Å². The smallest absolute Gasteiger partial charge is 0.251 e. The van der Waals surface area contributed by atoms with Gasteiger partial charge in [0.25, 0.3) is 5.91 Å². The van der Waals surface area contributed by atoms with Gasteiger partial charge in [-0.2, -0.15) is 0 Å². The third kappa shape index (κ3) is 4.30. The Labute approximate surface area is 181 Å². The van der Waals surface area contributed by atoms with Crippen molar-refractivity contribution < 1.29 is 14.3 Å². The Hall–Kier alpha value is -3.61. The predicted molar refractivity (Wildman–Crippen MR) is 117 cm³/mol. The molecule has 3 aromatic rings. The van der Waals surface area contributed by atoms with Gasteiger partial charge in [-0.3, -0.25) is 4.79 Å². The maximum atomic E-state index is 12.7. The fourth-order valence-corrected chi connectivity index (χ4v) is 3.93. The fraction of sp³-hybridized carbons (Fsp3) is 0.292. The molecule has 31 heavy (non-hydrogen) atoms. The van der Waals surface area contributed by atoms with Gasteiger partial charge in [0, 0.05) is 30.8 Å². The van der Waals surface area contributed by atoms with E-state index in [4.69, 9.17) is 9.47 Å². The molecule has 0 atom stereocenters. The molecule has 0 bridgehead atoms. The van der Waals surface area contributed by atoms with Crippen molar-refractivity contribution >= 4 is 11.7 Å². The van der Waals surface area contributed by atoms with Crippen molar-refractivity contribution in [3.8, 4) is 22.8 Å². The number of nitrogens with one attached hydrogen (secondary N) is 1. The van der Waals surface area contributed by atoms with Crippen LogP contribution in [0.2, 0.25) is 0 Å². The minimum absolute atomic E-state index is 0.141. The number of carbonyl (C=O) groups is 1. The summed E-state index contributed by atoms with van der Waals surface area (Å²) >= 11 is 0. The first-order valence-corrected chi connectivity index (χ1v) is 10.6. The number of rotatable bonds is 5. The standard InChI is InChI=1S/C24H24N4O3/c29-24(25-15-17-7-9-21-22(13-17)31-16-30-21)19-6-4-5-18(14-19)20-8-10-23(27-26-20)28-11-2-1-3-12-28/h4-10,13-14H,1-3,11-12,15-16H2,(H,25,29). The minimum Gasteiger partial charge on any atom is -0.454 e. The molecule has 7 nitrogen and oxygen atoms in total. The summed E-state index contributed by atoms with van der Waals surface area (Å²) in [6, 6.07) is 17.1. The molecule has 3 heterocycles. The zero-order valence-electron chi connectivity index (χ0n) is 17.2. The van der Waals surface area contributed by atoms with Crippen molar-refractivity contribution in [3.05, 3.63) is 65.7 Å². The molecule has 2 aliphatic rings. The number of ether oxygens (including phenoxy) is 2. The van der Waals surface area contributed by atoms with Gasteiger partial charge in [-0.15, -0.1) is 10.2 Å². The second-order valence-electron chi connectivity index (χ2n) is 7.78. The average molecular weight is 416 g/mol. The third-order valence-electron chi connectivity index (χ3n) is 5.64. The van der Waals surface area contributed by atoms with Crippen LogP contribution in [0.3, 0.4) is 0 Å². The van der Waals surface area contributed by atoms with Crippen molar-refractivity contribution in [1.82, 2.24) is 15.5 Å². The van der Waals surface area contributed by atoms with Crippen LogP contribution in [0.5, 0.6) is 11.5 Å². The second-order valence-corrected chi connectivity index (χ2v) is 7.78. The number of anilines is 1. The Balaban J connectivity index is 1.25. The summed E-state index contributed by atoms with van der Waals surface area (Å²) in [4.78, 5) is 15.0. The molecule has 1 saturated heterocycles. The highest BCUT2D eigenvalue weighted by Crippen LogP contribution is 2.32. The number of fused-ring (bicyclic) bond motifs is 1. The van der Waals surface area contributed by atoms with E-state index in [0.29, 0.717) is 17.9 Å². The highest BCUT2D eigenvalue weighted by Gasteiger charge is 2.15. The lowest BCUT2D eigenvalue weighted by molar-refractivity contribution is 0.0951. The molecular formula is C24H24N4O3. The summed E-state index contributed by atoms with van der Waals surface area (Å²) in [5.74, 6) is 2.22. The van der Waals surface area contributed by atoms with Gasteiger partial charge in [-0.05, 0) is 61.2 Å². The molecule has 7 heteroatoms. The van der Waals surface area contributed by atoms with Gasteiger partial charge in [-0.1, -0.05) is 18.2 Å². The quantitative estimate of drug-likeness (QED) is 0.682. The number of nitrogens with zero attached hydrogens (tertiary/aromatic N) is 3. The number of amides is 1. The van der Waals surface area contributed by atoms with E-state index in [0.717, 1.165) is 41.5 Å². The summed E-state index contributed by atoms with van der Waals surface area (Å²) in [5, 5.41) is 11.8. The van der Waals surface area contributed by atoms with Crippen LogP contribution in [-0.4, -0.2) is 36.0 Å². The highest BCUT2D eigenvalue weighted by molar-refractivity contribution is 5.95. The highest BCUT2D eigenvalue weighted by atomic mass is 16.7. The molecule has 2 aliphatic heterocycles. The molecular weight excluding hydrogens is 392 g/mol. The van der Waals surface area contributed by atoms with Crippen LogP contribution in [0.4, 0.5) is 5.82 Å². The third-order valence-corrected chi connectivity index (χ3v) is 5.64. The summed E-state index contributed by atoms with van der Waals surface area (Å²) in [6.07, 6.45) is 3.69. The summed E-state index contributed by atoms with van der Waals surface area (Å²) in [7, 11) is 0. The van der Waals surface area contributed by atoms with E-state index in [9.17, 15) is 4.79 Å². The van der Waals surface area contributed by atoms with Crippen LogP contribution < -0.4 is 19.7 Å². The Morgan fingerprint density at radius 3 is 2.65 bits per heavy atom. The average Bonchev–Trinajstić information content (AvgIpc) is 3.31. The molecule has 2 aromatic carbocycles. The van der Waals surface area contributed by atoms with Gasteiger partial charge in [0.1, 0.15) is 0 Å². The monoisotopic (exact) mass is 416 g/mol. The summed E-state index contributed by atoms with van der Waals surface area (Å²) < 4.78 is 10.7. The molecule has 0 radical (unpaired) electrons. The molecule has 1 fully saturated rings. The Kier molecular flexibility index (Phi) is 5.39. The van der Waals surface area contributed by atoms with E-state index in [1.54, 1.807) is 6.07 Å². The first-order valence-electron chi connectivity index (χ1n) is 10.6. The van der Waals surface area contributed by atoms with E-state index in [1.165, 1.54) is 19.3 Å². The number of carbonyl (C=O) groups excluding carboxylic acids is 1. The largest absolute Gasteiger partial charge is 0.454 e. The molecule has 0 unspecified atom stereocenters. The van der Waals surface area contributed by atoms with E-state index in [-0.39, 0.29) is 12.7 Å². The molecule has 1 amide bonds. The zero-order valence-corrected chi connectivity index (χ0v) is 17.2. The van der Waals surface area contributed by atoms with Crippen molar-refractivity contribution in [2.24, 2.45) is 0 Å². The van der Waals surface area contributed by atoms with E-state index in [2.05, 4.69) is 20.4 Å². The first kappa shape index (κ1) is 19.4. The van der Waals surface area contributed by atoms with Gasteiger partial charge in [0.05, 0.1) is 5.69 Å². The number of benzene rings is 2. The van der Waals surface area contributed by atoms with Gasteiger partial charge in [0.15, 0.2) is 17.3 Å². The van der Waals surface area contributed by atoms with Crippen molar-refractivity contribution in [3.63, 3.8) is 0 Å². The molecule has 0 aliphatic carbocycles. The summed E-state index contributed by atoms with van der Waals surface area (Å²) in [6.45, 7) is 2.71. The number of aromatic nitrogens is 2. The Bertz CT molecular complexity index is 1080. The first-order chi connectivity index (χ1) is 15.3. The Morgan fingerprint density at radius 2 is 1.81 bits per heavy atom. The lowest BCUT2D eigenvalue weighted by atomic mass is 10.1. The molecule has 158 valence electrons. The van der Waals surface area contributed by atoms with Crippen LogP contribution in [0.25, 0.3) is 11.3 Å². The van der Waals surface area contributed by atoms with E-state index in [1.807, 2.05) is 48.5 Å². The topological polar surface area (TPSA) is 76.6 Å². The number of hydrogen-bond acceptors (Lipinski definition) is 6. The normalized spacial score (nSPS) is 15.0. The number of hydrogen-bond donors (Lipinski definition) is 1. The minimum atomic E-state index is -0.141. The lowest BCUT2D eigenvalue weighted by Gasteiger charge is -2.27. The Morgan fingerprint density at radius 1 is 0.935 bits per heavy atom. The van der Waals surface area contributed by atoms with Crippen LogP contribution >= 0.6 is 0 Å². The van der Waals surface area contributed by atoms with Crippen molar-refractivity contribution in [2.45, 2.75) is 25.8 Å². The van der Waals surface area contributed by atoms with Crippen LogP contribution in [0, 0.1) is 0 Å². The van der Waals surface area contributed by atoms with Crippen molar-refractivity contribution in [1.29, 1.82) is 0 Å². The maximum Gasteiger partial charge on any atom is 0.251 e. The van der Waals surface area contributed by atoms with Gasteiger partial charge in [-0.25, -0.2) is 0 Å². The molecule has 0 saturated carbocycles. The van der Waals surface area contributed by atoms with Gasteiger partial charge < -0.3 is 19.7 Å². The fourth-order valence-electron chi connectivity index (χ4n) is 3.93. The summed E-state index contributed by atoms with van der Waals surface area (Å²) in [5.41, 5.74) is 3.16. The number of piperidine rings is 1. The van der Waals surface area contributed by atoms with E-state index < -0.39 is 0 Å². The second kappa shape index (κ2) is 8.63. The van der Waals surface area contributed by atoms with E-state index >= 15 is 0 Å². The molecule has 0 spiro atoms. The van der Waals surface area contributed by atoms with Crippen LogP contribution in [-0.2, 0) is 6.54 Å². The molecule has 5 rings (SSSR count). The predicted octanol–water partition coefficient (Wildman–Crippen LogP) is 3.79. The zero-order chi connectivity index (χ0) is 21.0. The SMILES string of the molecule is O=C(NCc1ccc2c(c1)OCO2)c1cccc(-c2ccc(N3CCCCC3)nn2)c1. The lowest BCUT2D eigenvalue weighted by Crippen LogP contribution is -2.30. The van der Waals surface area contributed by atoms with Crippen LogP contribution in [0.1, 0.15) is 35.2 Å². The van der Waals surface area contributed by atoms with Crippen molar-refractivity contribution in [2.75, 3.05) is 24.8 Å².